The van der Waals surface area contributed by atoms with Crippen LogP contribution in [0.1, 0.15) is 24.4 Å². The summed E-state index contributed by atoms with van der Waals surface area (Å²) in [4.78, 5) is 54.7. The number of rotatable bonds is 11. The fourth-order valence-electron chi connectivity index (χ4n) is 7.09. The van der Waals surface area contributed by atoms with Gasteiger partial charge in [-0.15, -0.1) is 0 Å². The van der Waals surface area contributed by atoms with Crippen LogP contribution in [0, 0.1) is 0 Å². The molecular formula is C33H39N11O8S. The maximum absolute atomic E-state index is 12.9. The van der Waals surface area contributed by atoms with E-state index in [1.165, 1.54) is 30.6 Å². The lowest BCUT2D eigenvalue weighted by molar-refractivity contribution is -0.128. The van der Waals surface area contributed by atoms with Crippen molar-refractivity contribution in [2.75, 3.05) is 41.8 Å². The Hall–Kier alpha value is -5.41. The van der Waals surface area contributed by atoms with E-state index < -0.39 is 58.3 Å². The van der Waals surface area contributed by atoms with Crippen LogP contribution in [0.3, 0.4) is 0 Å². The van der Waals surface area contributed by atoms with Crippen LogP contribution in [0.25, 0.3) is 11.2 Å². The van der Waals surface area contributed by atoms with Crippen LogP contribution in [0.2, 0.25) is 0 Å². The highest BCUT2D eigenvalue weighted by atomic mass is 32.2. The molecule has 2 aromatic heterocycles. The van der Waals surface area contributed by atoms with E-state index in [-0.39, 0.29) is 42.1 Å². The Balaban J connectivity index is 1.15. The number of amides is 5. The largest absolute Gasteiger partial charge is 0.394 e. The molecular weight excluding hydrogens is 710 g/mol. The van der Waals surface area contributed by atoms with Gasteiger partial charge in [0, 0.05) is 24.8 Å². The van der Waals surface area contributed by atoms with Gasteiger partial charge >= 0.3 is 12.1 Å². The number of nitrogens with zero attached hydrogens (tertiary/aromatic N) is 6. The standard InChI is InChI=1S/C33H39N11O8S/c34-53(51,52)22-8-4-7-19(12-22)38-32(49)39-20-9-10-42(15-20)31-40-29(37-21(16-45)11-18-5-2-1-3-6-18)26-30(41-31)43(17-36-26)23-13-24(28(48)27(23)47)44-25(46)14-35-33(44)50/h1-8,12,17,20-21,23-24,27-28,45,47-48H,9-11,13-16H2,(H,35,50)(H2,34,51,52)(H,37,40,41)(H2,38,39,49)/t20?,21-,23+,24-,27-,28+/m0/s1. The number of aliphatic hydroxyl groups is 3. The number of aromatic nitrogens is 4. The summed E-state index contributed by atoms with van der Waals surface area (Å²) in [5.41, 5.74) is 1.85. The minimum atomic E-state index is -3.96. The molecule has 280 valence electrons. The van der Waals surface area contributed by atoms with E-state index in [0.29, 0.717) is 42.9 Å². The smallest absolute Gasteiger partial charge is 0.324 e. The first kappa shape index (κ1) is 36.0. The predicted octanol–water partition coefficient (Wildman–Crippen LogP) is -0.523. The van der Waals surface area contributed by atoms with Crippen molar-refractivity contribution in [2.24, 2.45) is 5.14 Å². The van der Waals surface area contributed by atoms with E-state index in [1.54, 1.807) is 4.57 Å². The Bertz CT molecular complexity index is 2120. The maximum atomic E-state index is 12.9. The molecule has 19 nitrogen and oxygen atoms in total. The number of benzene rings is 2. The molecule has 2 aliphatic heterocycles. The number of sulfonamides is 1. The zero-order valence-corrected chi connectivity index (χ0v) is 29.1. The maximum Gasteiger partial charge on any atom is 0.324 e. The molecule has 1 aliphatic carbocycles. The van der Waals surface area contributed by atoms with Gasteiger partial charge < -0.3 is 46.1 Å². The minimum absolute atomic E-state index is 0.0350. The van der Waals surface area contributed by atoms with E-state index in [1.807, 2.05) is 35.2 Å². The summed E-state index contributed by atoms with van der Waals surface area (Å²) in [6, 6.07) is 11.4. The van der Waals surface area contributed by atoms with Gasteiger partial charge in [0.2, 0.25) is 21.9 Å². The third-order valence-electron chi connectivity index (χ3n) is 9.71. The van der Waals surface area contributed by atoms with Crippen molar-refractivity contribution < 1.29 is 38.1 Å². The van der Waals surface area contributed by atoms with Gasteiger partial charge in [-0.1, -0.05) is 36.4 Å². The molecule has 0 radical (unpaired) electrons. The lowest BCUT2D eigenvalue weighted by atomic mass is 10.1. The number of hydrogen-bond donors (Lipinski definition) is 8. The number of imide groups is 1. The number of carbonyl (C=O) groups excluding carboxylic acids is 3. The molecule has 0 spiro atoms. The lowest BCUT2D eigenvalue weighted by Gasteiger charge is -2.23. The third-order valence-corrected chi connectivity index (χ3v) is 10.6. The number of hydrogen-bond acceptors (Lipinski definition) is 13. The van der Waals surface area contributed by atoms with Crippen LogP contribution in [-0.2, 0) is 21.2 Å². The predicted molar refractivity (Wildman–Crippen MR) is 190 cm³/mol. The molecule has 6 atom stereocenters. The first-order valence-corrected chi connectivity index (χ1v) is 18.5. The molecule has 3 aliphatic rings. The molecule has 4 aromatic rings. The zero-order valence-electron chi connectivity index (χ0n) is 28.2. The second-order valence-electron chi connectivity index (χ2n) is 13.3. The highest BCUT2D eigenvalue weighted by Crippen LogP contribution is 2.37. The Labute approximate surface area is 303 Å². The molecule has 4 heterocycles. The van der Waals surface area contributed by atoms with Crippen LogP contribution in [0.4, 0.5) is 27.0 Å². The van der Waals surface area contributed by atoms with Gasteiger partial charge in [0.05, 0.1) is 42.5 Å². The summed E-state index contributed by atoms with van der Waals surface area (Å²) in [5.74, 6) is 0.0681. The average Bonchev–Trinajstić information content (AvgIpc) is 3.91. The Kier molecular flexibility index (Phi) is 9.87. The third kappa shape index (κ3) is 7.44. The molecule has 1 saturated carbocycles. The SMILES string of the molecule is NS(=O)(=O)c1cccc(NC(=O)NC2CCN(c3nc(N[C@H](CO)Cc4ccccc4)c4ncn([C@@H]5C[C@H](N6C(=O)CNC6=O)[C@@H](O)[C@H]5O)c4n3)C2)c1. The monoisotopic (exact) mass is 749 g/mol. The molecule has 20 heteroatoms. The fraction of sp³-hybridized carbons (Fsp3) is 0.394. The van der Waals surface area contributed by atoms with Gasteiger partial charge in [-0.2, -0.15) is 9.97 Å². The number of primary sulfonamides is 1. The topological polar surface area (TPSA) is 270 Å². The molecule has 1 unspecified atom stereocenters. The van der Waals surface area contributed by atoms with Gasteiger partial charge in [0.1, 0.15) is 12.2 Å². The normalized spacial score (nSPS) is 23.7. The quantitative estimate of drug-likeness (QED) is 0.0898. The van der Waals surface area contributed by atoms with Gasteiger partial charge in [0.25, 0.3) is 0 Å². The number of anilines is 3. The van der Waals surface area contributed by atoms with E-state index in [0.717, 1.165) is 10.5 Å². The number of aliphatic hydroxyl groups excluding tert-OH is 3. The van der Waals surface area contributed by atoms with Crippen LogP contribution in [0.5, 0.6) is 0 Å². The first-order chi connectivity index (χ1) is 25.4. The number of imidazole rings is 1. The van der Waals surface area contributed by atoms with Crippen molar-refractivity contribution in [3.05, 3.63) is 66.5 Å². The highest BCUT2D eigenvalue weighted by molar-refractivity contribution is 7.89. The van der Waals surface area contributed by atoms with E-state index in [4.69, 9.17) is 15.1 Å². The van der Waals surface area contributed by atoms with Crippen molar-refractivity contribution in [3.63, 3.8) is 0 Å². The van der Waals surface area contributed by atoms with Crippen LogP contribution in [0.15, 0.2) is 65.8 Å². The van der Waals surface area contributed by atoms with Gasteiger partial charge in [0.15, 0.2) is 17.0 Å². The van der Waals surface area contributed by atoms with Gasteiger partial charge in [-0.3, -0.25) is 9.69 Å². The highest BCUT2D eigenvalue weighted by Gasteiger charge is 2.50. The van der Waals surface area contributed by atoms with Crippen LogP contribution in [-0.4, -0.2) is 123 Å². The van der Waals surface area contributed by atoms with Crippen LogP contribution < -0.4 is 31.3 Å². The molecule has 2 saturated heterocycles. The summed E-state index contributed by atoms with van der Waals surface area (Å²) < 4.78 is 25.1. The van der Waals surface area contributed by atoms with E-state index in [9.17, 15) is 38.1 Å². The zero-order chi connectivity index (χ0) is 37.4. The number of fused-ring (bicyclic) bond motifs is 1. The Morgan fingerprint density at radius 2 is 1.83 bits per heavy atom. The summed E-state index contributed by atoms with van der Waals surface area (Å²) in [6.45, 7) is 0.312. The van der Waals surface area contributed by atoms with Gasteiger partial charge in [-0.25, -0.2) is 28.1 Å². The summed E-state index contributed by atoms with van der Waals surface area (Å²) >= 11 is 0. The number of nitrogens with one attached hydrogen (secondary N) is 4. The first-order valence-electron chi connectivity index (χ1n) is 17.0. The van der Waals surface area contributed by atoms with Crippen molar-refractivity contribution in [3.8, 4) is 0 Å². The summed E-state index contributed by atoms with van der Waals surface area (Å²) in [7, 11) is -3.96. The molecule has 2 aromatic carbocycles. The number of urea groups is 2. The number of nitrogens with two attached hydrogens (primary N) is 1. The lowest BCUT2D eigenvalue weighted by Crippen LogP contribution is -2.46. The van der Waals surface area contributed by atoms with Crippen molar-refractivity contribution in [2.45, 2.75) is 60.5 Å². The second-order valence-corrected chi connectivity index (χ2v) is 14.8. The molecule has 7 rings (SSSR count). The van der Waals surface area contributed by atoms with Crippen molar-refractivity contribution >= 4 is 56.6 Å². The fourth-order valence-corrected chi connectivity index (χ4v) is 7.65. The van der Waals surface area contributed by atoms with E-state index in [2.05, 4.69) is 26.3 Å². The average molecular weight is 750 g/mol. The van der Waals surface area contributed by atoms with Crippen molar-refractivity contribution in [1.82, 2.24) is 35.1 Å². The number of carbonyl (C=O) groups is 3. The Morgan fingerprint density at radius 1 is 1.06 bits per heavy atom. The molecule has 0 bridgehead atoms. The van der Waals surface area contributed by atoms with Crippen molar-refractivity contribution in [1.29, 1.82) is 0 Å². The second kappa shape index (κ2) is 14.5. The Morgan fingerprint density at radius 3 is 2.55 bits per heavy atom. The molecule has 5 amide bonds. The minimum Gasteiger partial charge on any atom is -0.394 e. The molecule has 3 fully saturated rings. The van der Waals surface area contributed by atoms with Gasteiger partial charge in [-0.05, 0) is 43.0 Å². The molecule has 53 heavy (non-hydrogen) atoms. The van der Waals surface area contributed by atoms with E-state index >= 15 is 0 Å². The van der Waals surface area contributed by atoms with Crippen LogP contribution >= 0.6 is 0 Å². The summed E-state index contributed by atoms with van der Waals surface area (Å²) in [6.07, 6.45) is -0.327. The molecule has 9 N–H and O–H groups in total. The summed E-state index contributed by atoms with van der Waals surface area (Å²) in [5, 5.41) is 49.1.